The molecule has 260 valence electrons. The molecule has 0 amide bonds. The van der Waals surface area contributed by atoms with Crippen LogP contribution < -0.4 is 0 Å². The number of hydrogen-bond donors (Lipinski definition) is 4. The number of Topliss-reactive ketones (excluding diaryl/α,β-unsaturated/α-hetero) is 1. The van der Waals surface area contributed by atoms with Crippen molar-refractivity contribution in [2.45, 2.75) is 121 Å². The minimum atomic E-state index is -2.50. The van der Waals surface area contributed by atoms with E-state index in [0.717, 1.165) is 19.3 Å². The lowest BCUT2D eigenvalue weighted by Gasteiger charge is -2.53. The zero-order valence-electron chi connectivity index (χ0n) is 28.6. The maximum absolute atomic E-state index is 13.5. The lowest BCUT2D eigenvalue weighted by molar-refractivity contribution is -0.244. The van der Waals surface area contributed by atoms with Gasteiger partial charge in [0.25, 0.3) is 0 Å². The van der Waals surface area contributed by atoms with E-state index >= 15 is 0 Å². The third kappa shape index (κ3) is 4.96. The maximum atomic E-state index is 13.5. The van der Waals surface area contributed by atoms with Gasteiger partial charge in [-0.15, -0.1) is 0 Å². The second-order valence-corrected chi connectivity index (χ2v) is 15.0. The number of hydrogen-bond acceptors (Lipinski definition) is 10. The smallest absolute Gasteiger partial charge is 0.331 e. The van der Waals surface area contributed by atoms with E-state index in [9.17, 15) is 34.8 Å². The standard InChI is InChI=1S/C37H52O10/c1-8-10-11-12-13-14-15-16-17-18-25(39)45-29-23(5)35(43)24-19-22(4)28(40)36(24,44)32(42)34(20-38)30(46-34)26(35)27-33(6,7)37(27,29)47-31(41)21(3)9-2/h13-19,21,23-24,26-27,29-30,32,38,42-44H,8-12,20H2,1-7H3/b14-13+,16-15+,18-17+. The summed E-state index contributed by atoms with van der Waals surface area (Å²) >= 11 is 0. The Morgan fingerprint density at radius 2 is 1.79 bits per heavy atom. The number of aliphatic hydroxyl groups is 4. The molecule has 10 nitrogen and oxygen atoms in total. The normalized spacial score (nSPS) is 43.5. The van der Waals surface area contributed by atoms with Gasteiger partial charge in [0, 0.05) is 35.2 Å². The van der Waals surface area contributed by atoms with Crippen molar-refractivity contribution in [1.29, 1.82) is 0 Å². The molecule has 1 heterocycles. The number of epoxide rings is 1. The average molecular weight is 657 g/mol. The molecule has 12 unspecified atom stereocenters. The fourth-order valence-corrected chi connectivity index (χ4v) is 9.21. The second-order valence-electron chi connectivity index (χ2n) is 15.0. The monoisotopic (exact) mass is 656 g/mol. The Bertz CT molecular complexity index is 1390. The Morgan fingerprint density at radius 3 is 2.43 bits per heavy atom. The highest BCUT2D eigenvalue weighted by Crippen LogP contribution is 2.80. The Hall–Kier alpha value is -2.63. The third-order valence-electron chi connectivity index (χ3n) is 12.2. The number of ketones is 1. The largest absolute Gasteiger partial charge is 0.455 e. The van der Waals surface area contributed by atoms with Crippen LogP contribution in [0.15, 0.2) is 48.1 Å². The summed E-state index contributed by atoms with van der Waals surface area (Å²) < 4.78 is 18.5. The van der Waals surface area contributed by atoms with E-state index in [1.54, 1.807) is 26.0 Å². The molecule has 0 bridgehead atoms. The fraction of sp³-hybridized carbons (Fsp3) is 0.703. The van der Waals surface area contributed by atoms with Gasteiger partial charge in [-0.1, -0.05) is 90.8 Å². The molecule has 4 N–H and O–H groups in total. The first-order chi connectivity index (χ1) is 22.1. The summed E-state index contributed by atoms with van der Waals surface area (Å²) in [5.41, 5.74) is -8.33. The molecule has 5 rings (SSSR count). The van der Waals surface area contributed by atoms with E-state index in [0.29, 0.717) is 6.42 Å². The predicted octanol–water partition coefficient (Wildman–Crippen LogP) is 3.51. The zero-order valence-corrected chi connectivity index (χ0v) is 28.6. The fourth-order valence-electron chi connectivity index (χ4n) is 9.21. The van der Waals surface area contributed by atoms with Gasteiger partial charge in [-0.2, -0.15) is 0 Å². The second kappa shape index (κ2) is 12.4. The summed E-state index contributed by atoms with van der Waals surface area (Å²) in [5, 5.41) is 47.2. The molecule has 4 aliphatic carbocycles. The van der Waals surface area contributed by atoms with Crippen LogP contribution in [0.2, 0.25) is 0 Å². The van der Waals surface area contributed by atoms with Gasteiger partial charge in [0.2, 0.25) is 0 Å². The molecule has 3 saturated carbocycles. The van der Waals surface area contributed by atoms with Crippen molar-refractivity contribution in [3.05, 3.63) is 48.1 Å². The predicted molar refractivity (Wildman–Crippen MR) is 172 cm³/mol. The minimum absolute atomic E-state index is 0.154. The highest BCUT2D eigenvalue weighted by molar-refractivity contribution is 6.05. The van der Waals surface area contributed by atoms with Gasteiger partial charge in [-0.05, 0) is 31.8 Å². The lowest BCUT2D eigenvalue weighted by Crippen LogP contribution is -2.69. The topological polar surface area (TPSA) is 163 Å². The first-order valence-electron chi connectivity index (χ1n) is 17.2. The van der Waals surface area contributed by atoms with Gasteiger partial charge >= 0.3 is 11.9 Å². The Kier molecular flexibility index (Phi) is 9.38. The van der Waals surface area contributed by atoms with Crippen LogP contribution in [-0.4, -0.2) is 85.5 Å². The number of fused-ring (bicyclic) bond motifs is 7. The molecule has 1 saturated heterocycles. The zero-order chi connectivity index (χ0) is 34.7. The van der Waals surface area contributed by atoms with Gasteiger partial charge in [0.15, 0.2) is 17.0 Å². The maximum Gasteiger partial charge on any atom is 0.331 e. The highest BCUT2D eigenvalue weighted by atomic mass is 16.6. The van der Waals surface area contributed by atoms with Crippen LogP contribution in [-0.2, 0) is 28.6 Å². The molecule has 0 radical (unpaired) electrons. The van der Waals surface area contributed by atoms with Crippen LogP contribution in [0, 0.1) is 35.0 Å². The van der Waals surface area contributed by atoms with Crippen molar-refractivity contribution in [2.75, 3.05) is 6.61 Å². The summed E-state index contributed by atoms with van der Waals surface area (Å²) in [6, 6.07) is 0. The Balaban J connectivity index is 1.55. The molecule has 0 aromatic carbocycles. The Morgan fingerprint density at radius 1 is 1.11 bits per heavy atom. The van der Waals surface area contributed by atoms with E-state index < -0.39 is 100 Å². The van der Waals surface area contributed by atoms with Crippen LogP contribution in [0.5, 0.6) is 0 Å². The number of aliphatic hydroxyl groups excluding tert-OH is 2. The van der Waals surface area contributed by atoms with Gasteiger partial charge < -0.3 is 34.6 Å². The van der Waals surface area contributed by atoms with E-state index in [1.165, 1.54) is 25.5 Å². The Labute approximate surface area is 277 Å². The van der Waals surface area contributed by atoms with Gasteiger partial charge in [0.1, 0.15) is 17.8 Å². The van der Waals surface area contributed by atoms with E-state index in [2.05, 4.69) is 13.0 Å². The number of allylic oxidation sites excluding steroid dienone is 5. The van der Waals surface area contributed by atoms with E-state index in [-0.39, 0.29) is 5.57 Å². The molecule has 47 heavy (non-hydrogen) atoms. The van der Waals surface area contributed by atoms with Gasteiger partial charge in [0.05, 0.1) is 24.2 Å². The molecule has 0 spiro atoms. The van der Waals surface area contributed by atoms with Crippen molar-refractivity contribution in [3.8, 4) is 0 Å². The van der Waals surface area contributed by atoms with Crippen LogP contribution in [0.3, 0.4) is 0 Å². The number of esters is 2. The van der Waals surface area contributed by atoms with Crippen molar-refractivity contribution < 1.29 is 49.0 Å². The number of rotatable bonds is 12. The highest BCUT2D eigenvalue weighted by Gasteiger charge is 2.93. The lowest BCUT2D eigenvalue weighted by atomic mass is 9.58. The summed E-state index contributed by atoms with van der Waals surface area (Å²) in [5.74, 6) is -6.35. The van der Waals surface area contributed by atoms with Crippen LogP contribution in [0.4, 0.5) is 0 Å². The molecule has 4 fully saturated rings. The number of unbranched alkanes of at least 4 members (excludes halogenated alkanes) is 3. The summed E-state index contributed by atoms with van der Waals surface area (Å²) in [6.45, 7) is 11.9. The third-order valence-corrected chi connectivity index (χ3v) is 12.2. The van der Waals surface area contributed by atoms with E-state index in [1.807, 2.05) is 32.9 Å². The number of ether oxygens (including phenoxy) is 3. The molecular formula is C37H52O10. The molecular weight excluding hydrogens is 604 g/mol. The van der Waals surface area contributed by atoms with E-state index in [4.69, 9.17) is 14.2 Å². The molecule has 0 aromatic rings. The van der Waals surface area contributed by atoms with Crippen LogP contribution in [0.1, 0.15) is 80.6 Å². The number of carbonyl (C=O) groups is 3. The average Bonchev–Trinajstić information content (AvgIpc) is 3.86. The number of carbonyl (C=O) groups excluding carboxylic acids is 3. The van der Waals surface area contributed by atoms with Crippen molar-refractivity contribution >= 4 is 17.7 Å². The van der Waals surface area contributed by atoms with Crippen molar-refractivity contribution in [3.63, 3.8) is 0 Å². The summed E-state index contributed by atoms with van der Waals surface area (Å²) in [7, 11) is 0. The summed E-state index contributed by atoms with van der Waals surface area (Å²) in [4.78, 5) is 40.4. The minimum Gasteiger partial charge on any atom is -0.455 e. The molecule has 0 aromatic heterocycles. The van der Waals surface area contributed by atoms with Gasteiger partial charge in [-0.3, -0.25) is 9.59 Å². The van der Waals surface area contributed by atoms with Gasteiger partial charge in [-0.25, -0.2) is 4.79 Å². The SMILES string of the molecule is CCCCC/C=C/C=C/C=C/C(=O)OC1C(C)C2(O)C(C3OC3(CO)C(O)C3(O)C(=O)C(C)=CC32)C2C(C)(C)C12OC(=O)C(C)CC. The first kappa shape index (κ1) is 35.7. The molecule has 10 heteroatoms. The summed E-state index contributed by atoms with van der Waals surface area (Å²) in [6.07, 6.45) is 12.7. The molecule has 12 atom stereocenters. The van der Waals surface area contributed by atoms with Crippen molar-refractivity contribution in [1.82, 2.24) is 0 Å². The molecule has 5 aliphatic rings. The quantitative estimate of drug-likeness (QED) is 0.0804. The van der Waals surface area contributed by atoms with Crippen molar-refractivity contribution in [2.24, 2.45) is 35.0 Å². The van der Waals surface area contributed by atoms with Crippen LogP contribution in [0.25, 0.3) is 0 Å². The molecule has 1 aliphatic heterocycles. The first-order valence-corrected chi connectivity index (χ1v) is 17.2. The van der Waals surface area contributed by atoms with Crippen LogP contribution >= 0.6 is 0 Å².